The van der Waals surface area contributed by atoms with E-state index in [1.807, 2.05) is 24.3 Å². The fourth-order valence-corrected chi connectivity index (χ4v) is 2.08. The van der Waals surface area contributed by atoms with Crippen molar-refractivity contribution in [3.05, 3.63) is 24.3 Å². The first-order valence-corrected chi connectivity index (χ1v) is 6.89. The SMILES string of the molecule is CC(C)CNC(=O)CSc1nc2ccccc2o1. The largest absolute Gasteiger partial charge is 0.431 e. The van der Waals surface area contributed by atoms with E-state index in [4.69, 9.17) is 4.42 Å². The highest BCUT2D eigenvalue weighted by molar-refractivity contribution is 7.99. The molecule has 5 heteroatoms. The molecule has 0 atom stereocenters. The number of thioether (sulfide) groups is 1. The molecule has 0 bridgehead atoms. The van der Waals surface area contributed by atoms with Crippen molar-refractivity contribution in [3.63, 3.8) is 0 Å². The predicted octanol–water partition coefficient (Wildman–Crippen LogP) is 2.69. The molecule has 0 radical (unpaired) electrons. The molecule has 0 aliphatic carbocycles. The van der Waals surface area contributed by atoms with Crippen molar-refractivity contribution in [1.82, 2.24) is 10.3 Å². The van der Waals surface area contributed by atoms with E-state index >= 15 is 0 Å². The molecular formula is C13H16N2O2S. The fraction of sp³-hybridized carbons (Fsp3) is 0.385. The van der Waals surface area contributed by atoms with Gasteiger partial charge in [0.2, 0.25) is 5.91 Å². The monoisotopic (exact) mass is 264 g/mol. The third-order valence-electron chi connectivity index (χ3n) is 2.31. The topological polar surface area (TPSA) is 55.1 Å². The van der Waals surface area contributed by atoms with Crippen LogP contribution in [0.2, 0.25) is 0 Å². The van der Waals surface area contributed by atoms with Crippen LogP contribution in [-0.2, 0) is 4.79 Å². The average molecular weight is 264 g/mol. The van der Waals surface area contributed by atoms with Crippen molar-refractivity contribution in [1.29, 1.82) is 0 Å². The van der Waals surface area contributed by atoms with Crippen LogP contribution in [0.1, 0.15) is 13.8 Å². The molecular weight excluding hydrogens is 248 g/mol. The van der Waals surface area contributed by atoms with Gasteiger partial charge in [-0.15, -0.1) is 0 Å². The summed E-state index contributed by atoms with van der Waals surface area (Å²) in [4.78, 5) is 15.8. The number of carbonyl (C=O) groups is 1. The number of nitrogens with one attached hydrogen (secondary N) is 1. The number of carbonyl (C=O) groups excluding carboxylic acids is 1. The second kappa shape index (κ2) is 5.91. The van der Waals surface area contributed by atoms with Gasteiger partial charge < -0.3 is 9.73 Å². The Bertz CT molecular complexity index is 504. The van der Waals surface area contributed by atoms with Crippen LogP contribution in [0, 0.1) is 5.92 Å². The zero-order valence-electron chi connectivity index (χ0n) is 10.5. The van der Waals surface area contributed by atoms with E-state index in [1.54, 1.807) is 0 Å². The molecule has 0 saturated heterocycles. The van der Waals surface area contributed by atoms with Gasteiger partial charge in [0.1, 0.15) is 5.52 Å². The molecule has 1 aromatic heterocycles. The van der Waals surface area contributed by atoms with Gasteiger partial charge in [-0.2, -0.15) is 0 Å². The second-order valence-corrected chi connectivity index (χ2v) is 5.36. The zero-order chi connectivity index (χ0) is 13.0. The van der Waals surface area contributed by atoms with E-state index in [-0.39, 0.29) is 5.91 Å². The van der Waals surface area contributed by atoms with Crippen molar-refractivity contribution < 1.29 is 9.21 Å². The molecule has 0 unspecified atom stereocenters. The standard InChI is InChI=1S/C13H16N2O2S/c1-9(2)7-14-12(16)8-18-13-15-10-5-3-4-6-11(10)17-13/h3-6,9H,7-8H2,1-2H3,(H,14,16). The number of hydrogen-bond donors (Lipinski definition) is 1. The summed E-state index contributed by atoms with van der Waals surface area (Å²) in [6.07, 6.45) is 0. The van der Waals surface area contributed by atoms with Gasteiger partial charge in [-0.1, -0.05) is 37.7 Å². The number of hydrogen-bond acceptors (Lipinski definition) is 4. The van der Waals surface area contributed by atoms with Crippen molar-refractivity contribution >= 4 is 28.8 Å². The highest BCUT2D eigenvalue weighted by Crippen LogP contribution is 2.22. The van der Waals surface area contributed by atoms with E-state index in [2.05, 4.69) is 24.1 Å². The maximum Gasteiger partial charge on any atom is 0.257 e. The van der Waals surface area contributed by atoms with Crippen LogP contribution in [0.3, 0.4) is 0 Å². The van der Waals surface area contributed by atoms with Crippen LogP contribution in [0.15, 0.2) is 33.9 Å². The van der Waals surface area contributed by atoms with Crippen LogP contribution in [0.25, 0.3) is 11.1 Å². The molecule has 2 rings (SSSR count). The summed E-state index contributed by atoms with van der Waals surface area (Å²) >= 11 is 1.32. The number of para-hydroxylation sites is 2. The summed E-state index contributed by atoms with van der Waals surface area (Å²) in [5.41, 5.74) is 1.57. The number of benzene rings is 1. The third kappa shape index (κ3) is 3.50. The highest BCUT2D eigenvalue weighted by Gasteiger charge is 2.08. The lowest BCUT2D eigenvalue weighted by Gasteiger charge is -2.05. The van der Waals surface area contributed by atoms with Gasteiger partial charge in [0.25, 0.3) is 5.22 Å². The third-order valence-corrected chi connectivity index (χ3v) is 3.14. The van der Waals surface area contributed by atoms with E-state index < -0.39 is 0 Å². The number of rotatable bonds is 5. The quantitative estimate of drug-likeness (QED) is 0.844. The first kappa shape index (κ1) is 13.0. The van der Waals surface area contributed by atoms with Crippen LogP contribution in [-0.4, -0.2) is 23.2 Å². The normalized spacial score (nSPS) is 11.1. The average Bonchev–Trinajstić information content (AvgIpc) is 2.76. The summed E-state index contributed by atoms with van der Waals surface area (Å²) in [6.45, 7) is 4.83. The van der Waals surface area contributed by atoms with Crippen molar-refractivity contribution in [3.8, 4) is 0 Å². The van der Waals surface area contributed by atoms with E-state index in [9.17, 15) is 4.79 Å². The van der Waals surface area contributed by atoms with Crippen molar-refractivity contribution in [2.75, 3.05) is 12.3 Å². The maximum atomic E-state index is 11.5. The molecule has 18 heavy (non-hydrogen) atoms. The van der Waals surface area contributed by atoms with Crippen LogP contribution >= 0.6 is 11.8 Å². The van der Waals surface area contributed by atoms with Gasteiger partial charge >= 0.3 is 0 Å². The predicted molar refractivity (Wildman–Crippen MR) is 72.6 cm³/mol. The summed E-state index contributed by atoms with van der Waals surface area (Å²) in [5.74, 6) is 0.804. The summed E-state index contributed by atoms with van der Waals surface area (Å²) in [6, 6.07) is 7.57. The van der Waals surface area contributed by atoms with Gasteiger partial charge in [0, 0.05) is 6.54 Å². The van der Waals surface area contributed by atoms with Gasteiger partial charge in [0.15, 0.2) is 5.58 Å². The van der Waals surface area contributed by atoms with Gasteiger partial charge in [-0.05, 0) is 18.1 Å². The summed E-state index contributed by atoms with van der Waals surface area (Å²) in [5, 5.41) is 3.39. The number of fused-ring (bicyclic) bond motifs is 1. The lowest BCUT2D eigenvalue weighted by Crippen LogP contribution is -2.28. The summed E-state index contributed by atoms with van der Waals surface area (Å²) in [7, 11) is 0. The Balaban J connectivity index is 1.88. The Morgan fingerprint density at radius 2 is 2.22 bits per heavy atom. The molecule has 4 nitrogen and oxygen atoms in total. The highest BCUT2D eigenvalue weighted by atomic mass is 32.2. The summed E-state index contributed by atoms with van der Waals surface area (Å²) < 4.78 is 5.52. The Morgan fingerprint density at radius 1 is 1.44 bits per heavy atom. The van der Waals surface area contributed by atoms with Crippen LogP contribution in [0.5, 0.6) is 0 Å². The molecule has 1 aromatic carbocycles. The Morgan fingerprint density at radius 3 is 2.94 bits per heavy atom. The number of aromatic nitrogens is 1. The lowest BCUT2D eigenvalue weighted by molar-refractivity contribution is -0.118. The smallest absolute Gasteiger partial charge is 0.257 e. The van der Waals surface area contributed by atoms with Crippen molar-refractivity contribution in [2.45, 2.75) is 19.1 Å². The van der Waals surface area contributed by atoms with E-state index in [1.165, 1.54) is 11.8 Å². The first-order valence-electron chi connectivity index (χ1n) is 5.90. The van der Waals surface area contributed by atoms with Gasteiger partial charge in [-0.3, -0.25) is 4.79 Å². The van der Waals surface area contributed by atoms with E-state index in [0.717, 1.165) is 11.1 Å². The van der Waals surface area contributed by atoms with Crippen LogP contribution in [0.4, 0.5) is 0 Å². The number of nitrogens with zero attached hydrogens (tertiary/aromatic N) is 1. The lowest BCUT2D eigenvalue weighted by atomic mass is 10.2. The molecule has 96 valence electrons. The minimum atomic E-state index is 0.0101. The van der Waals surface area contributed by atoms with E-state index in [0.29, 0.717) is 23.4 Å². The molecule has 1 N–H and O–H groups in total. The van der Waals surface area contributed by atoms with Crippen molar-refractivity contribution in [2.24, 2.45) is 5.92 Å². The molecule has 0 saturated carbocycles. The van der Waals surface area contributed by atoms with Crippen LogP contribution < -0.4 is 5.32 Å². The Hall–Kier alpha value is -1.49. The first-order chi connectivity index (χ1) is 8.65. The van der Waals surface area contributed by atoms with Gasteiger partial charge in [0.05, 0.1) is 5.75 Å². The minimum Gasteiger partial charge on any atom is -0.431 e. The molecule has 0 spiro atoms. The fourth-order valence-electron chi connectivity index (χ4n) is 1.41. The Labute approximate surface area is 110 Å². The van der Waals surface area contributed by atoms with Gasteiger partial charge in [-0.25, -0.2) is 4.98 Å². The molecule has 1 heterocycles. The molecule has 0 aliphatic heterocycles. The zero-order valence-corrected chi connectivity index (χ0v) is 11.3. The molecule has 0 fully saturated rings. The minimum absolute atomic E-state index is 0.0101. The second-order valence-electron chi connectivity index (χ2n) is 4.43. The number of oxazole rings is 1. The Kier molecular flexibility index (Phi) is 4.25. The maximum absolute atomic E-state index is 11.5. The molecule has 0 aliphatic rings. The molecule has 2 aromatic rings. The number of amides is 1. The molecule has 1 amide bonds.